The Morgan fingerprint density at radius 3 is 1.86 bits per heavy atom. The fraction of sp³-hybridized carbons (Fsp3) is 0.219. The van der Waals surface area contributed by atoms with Crippen molar-refractivity contribution in [2.24, 2.45) is 0 Å². The molecule has 4 aromatic rings. The molecule has 0 aliphatic heterocycles. The van der Waals surface area contributed by atoms with E-state index in [0.717, 1.165) is 26.6 Å². The zero-order valence-electron chi connectivity index (χ0n) is 24.2. The number of carbonyl (C=O) groups excluding carboxylic acids is 1. The van der Waals surface area contributed by atoms with E-state index in [1.54, 1.807) is 36.4 Å². The molecule has 0 atom stereocenters. The number of carbonyl (C=O) groups is 1. The number of benzene rings is 4. The monoisotopic (exact) mass is 605 g/mol. The molecule has 0 spiro atoms. The predicted molar refractivity (Wildman–Crippen MR) is 168 cm³/mol. The molecule has 1 amide bonds. The van der Waals surface area contributed by atoms with Crippen molar-refractivity contribution in [3.63, 3.8) is 0 Å². The van der Waals surface area contributed by atoms with E-state index >= 15 is 0 Å². The molecule has 0 saturated carbocycles. The third-order valence-electron chi connectivity index (χ3n) is 6.95. The van der Waals surface area contributed by atoms with Crippen molar-refractivity contribution in [1.29, 1.82) is 0 Å². The first-order valence-electron chi connectivity index (χ1n) is 13.5. The van der Waals surface area contributed by atoms with Crippen LogP contribution in [0.25, 0.3) is 0 Å². The Morgan fingerprint density at radius 1 is 0.714 bits per heavy atom. The number of aryl methyl sites for hydroxylation is 3. The highest BCUT2D eigenvalue weighted by Gasteiger charge is 2.27. The van der Waals surface area contributed by atoms with E-state index in [1.807, 2.05) is 52.8 Å². The van der Waals surface area contributed by atoms with Crippen LogP contribution >= 0.6 is 0 Å². The van der Waals surface area contributed by atoms with Crippen LogP contribution in [0.3, 0.4) is 0 Å². The SMILES string of the molecule is Cc1ccc(S(=O)(=O)N(CC(=O)Nc2ccc(S(=O)(=O)Nc3ccc(C)c(C)c3)cc2)c2ccc(C(C)C)cc2)cc1. The van der Waals surface area contributed by atoms with Gasteiger partial charge in [0, 0.05) is 11.4 Å². The van der Waals surface area contributed by atoms with Crippen molar-refractivity contribution < 1.29 is 21.6 Å². The van der Waals surface area contributed by atoms with Crippen LogP contribution in [0, 0.1) is 20.8 Å². The largest absolute Gasteiger partial charge is 0.325 e. The van der Waals surface area contributed by atoms with Gasteiger partial charge in [-0.05, 0) is 104 Å². The van der Waals surface area contributed by atoms with E-state index < -0.39 is 32.5 Å². The average Bonchev–Trinajstić information content (AvgIpc) is 2.94. The first-order chi connectivity index (χ1) is 19.8. The van der Waals surface area contributed by atoms with E-state index in [0.29, 0.717) is 17.1 Å². The molecule has 0 bridgehead atoms. The Kier molecular flexibility index (Phi) is 9.08. The summed E-state index contributed by atoms with van der Waals surface area (Å²) >= 11 is 0. The Morgan fingerprint density at radius 2 is 1.29 bits per heavy atom. The van der Waals surface area contributed by atoms with Gasteiger partial charge in [0.05, 0.1) is 15.5 Å². The summed E-state index contributed by atoms with van der Waals surface area (Å²) in [5.74, 6) is -0.324. The van der Waals surface area contributed by atoms with Gasteiger partial charge in [0.2, 0.25) is 5.91 Å². The van der Waals surface area contributed by atoms with Gasteiger partial charge < -0.3 is 5.32 Å². The second-order valence-corrected chi connectivity index (χ2v) is 14.1. The molecule has 4 aromatic carbocycles. The van der Waals surface area contributed by atoms with Crippen LogP contribution in [0.5, 0.6) is 0 Å². The van der Waals surface area contributed by atoms with Crippen LogP contribution in [-0.4, -0.2) is 29.3 Å². The smallest absolute Gasteiger partial charge is 0.264 e. The maximum atomic E-state index is 13.7. The number of hydrogen-bond acceptors (Lipinski definition) is 5. The zero-order chi connectivity index (χ0) is 30.7. The zero-order valence-corrected chi connectivity index (χ0v) is 25.9. The van der Waals surface area contributed by atoms with E-state index in [1.165, 1.54) is 36.4 Å². The first-order valence-corrected chi connectivity index (χ1v) is 16.4. The van der Waals surface area contributed by atoms with Gasteiger partial charge in [-0.15, -0.1) is 0 Å². The number of sulfonamides is 2. The number of amides is 1. The number of nitrogens with zero attached hydrogens (tertiary/aromatic N) is 1. The lowest BCUT2D eigenvalue weighted by molar-refractivity contribution is -0.114. The lowest BCUT2D eigenvalue weighted by Gasteiger charge is -2.24. The molecule has 0 unspecified atom stereocenters. The fourth-order valence-electron chi connectivity index (χ4n) is 4.25. The van der Waals surface area contributed by atoms with E-state index in [4.69, 9.17) is 0 Å². The number of anilines is 3. The topological polar surface area (TPSA) is 113 Å². The molecule has 8 nitrogen and oxygen atoms in total. The molecular weight excluding hydrogens is 571 g/mol. The van der Waals surface area contributed by atoms with E-state index in [2.05, 4.69) is 10.0 Å². The summed E-state index contributed by atoms with van der Waals surface area (Å²) in [6.07, 6.45) is 0. The van der Waals surface area contributed by atoms with Crippen molar-refractivity contribution in [1.82, 2.24) is 0 Å². The van der Waals surface area contributed by atoms with Crippen molar-refractivity contribution in [3.8, 4) is 0 Å². The number of hydrogen-bond donors (Lipinski definition) is 2. The van der Waals surface area contributed by atoms with Crippen LogP contribution in [0.1, 0.15) is 42.0 Å². The van der Waals surface area contributed by atoms with Crippen LogP contribution in [0.15, 0.2) is 101 Å². The summed E-state index contributed by atoms with van der Waals surface area (Å²) in [6.45, 7) is 9.31. The summed E-state index contributed by atoms with van der Waals surface area (Å²) < 4.78 is 56.8. The Hall–Kier alpha value is -4.15. The molecule has 4 rings (SSSR count). The lowest BCUT2D eigenvalue weighted by Crippen LogP contribution is -2.38. The van der Waals surface area contributed by atoms with Crippen molar-refractivity contribution >= 4 is 43.0 Å². The molecular formula is C32H35N3O5S2. The van der Waals surface area contributed by atoms with Gasteiger partial charge >= 0.3 is 0 Å². The fourth-order valence-corrected chi connectivity index (χ4v) is 6.72. The third-order valence-corrected chi connectivity index (χ3v) is 10.1. The van der Waals surface area contributed by atoms with Gasteiger partial charge in [0.25, 0.3) is 20.0 Å². The van der Waals surface area contributed by atoms with Crippen LogP contribution in [0.2, 0.25) is 0 Å². The normalized spacial score (nSPS) is 11.8. The summed E-state index contributed by atoms with van der Waals surface area (Å²) in [5.41, 5.74) is 5.10. The van der Waals surface area contributed by atoms with E-state index in [9.17, 15) is 21.6 Å². The molecule has 0 fully saturated rings. The summed E-state index contributed by atoms with van der Waals surface area (Å²) in [6, 6.07) is 24.5. The minimum Gasteiger partial charge on any atom is -0.325 e. The molecule has 220 valence electrons. The maximum absolute atomic E-state index is 13.7. The Labute approximate surface area is 248 Å². The van der Waals surface area contributed by atoms with Crippen LogP contribution < -0.4 is 14.3 Å². The molecule has 10 heteroatoms. The quantitative estimate of drug-likeness (QED) is 0.218. The standard InChI is InChI=1S/C32H35N3O5S2/c1-22(2)26-9-14-29(15-10-26)35(42(39,40)31-16-6-23(3)7-17-31)21-32(36)33-27-12-18-30(19-13-27)41(37,38)34-28-11-8-24(4)25(5)20-28/h6-20,22,34H,21H2,1-5H3,(H,33,36). The van der Waals surface area contributed by atoms with Gasteiger partial charge in [-0.25, -0.2) is 16.8 Å². The van der Waals surface area contributed by atoms with Gasteiger partial charge in [-0.2, -0.15) is 0 Å². The van der Waals surface area contributed by atoms with Gasteiger partial charge in [-0.3, -0.25) is 13.8 Å². The molecule has 42 heavy (non-hydrogen) atoms. The number of nitrogens with one attached hydrogen (secondary N) is 2. The molecule has 0 aliphatic rings. The number of rotatable bonds is 10. The molecule has 2 N–H and O–H groups in total. The van der Waals surface area contributed by atoms with Gasteiger partial charge in [0.15, 0.2) is 0 Å². The highest BCUT2D eigenvalue weighted by atomic mass is 32.2. The second-order valence-electron chi connectivity index (χ2n) is 10.5. The highest BCUT2D eigenvalue weighted by Crippen LogP contribution is 2.27. The molecule has 0 saturated heterocycles. The first kappa shape index (κ1) is 30.8. The maximum Gasteiger partial charge on any atom is 0.264 e. The Bertz CT molecular complexity index is 1780. The molecule has 0 heterocycles. The summed E-state index contributed by atoms with van der Waals surface area (Å²) in [7, 11) is -7.92. The predicted octanol–water partition coefficient (Wildman–Crippen LogP) is 6.37. The van der Waals surface area contributed by atoms with Gasteiger partial charge in [0.1, 0.15) is 6.54 Å². The van der Waals surface area contributed by atoms with Gasteiger partial charge in [-0.1, -0.05) is 49.7 Å². The van der Waals surface area contributed by atoms with Crippen molar-refractivity contribution in [2.75, 3.05) is 20.9 Å². The molecule has 0 radical (unpaired) electrons. The minimum absolute atomic E-state index is 0.0209. The summed E-state index contributed by atoms with van der Waals surface area (Å²) in [4.78, 5) is 13.2. The van der Waals surface area contributed by atoms with Crippen molar-refractivity contribution in [2.45, 2.75) is 50.3 Å². The minimum atomic E-state index is -4.07. The van der Waals surface area contributed by atoms with E-state index in [-0.39, 0.29) is 15.7 Å². The Balaban J connectivity index is 1.54. The third kappa shape index (κ3) is 7.18. The molecule has 0 aromatic heterocycles. The van der Waals surface area contributed by atoms with Crippen LogP contribution in [0.4, 0.5) is 17.1 Å². The van der Waals surface area contributed by atoms with Crippen LogP contribution in [-0.2, 0) is 24.8 Å². The molecule has 0 aliphatic carbocycles. The lowest BCUT2D eigenvalue weighted by atomic mass is 10.0. The van der Waals surface area contributed by atoms with Crippen molar-refractivity contribution in [3.05, 3.63) is 113 Å². The highest BCUT2D eigenvalue weighted by molar-refractivity contribution is 7.93. The summed E-state index contributed by atoms with van der Waals surface area (Å²) in [5, 5.41) is 2.69. The second kappa shape index (κ2) is 12.4. The average molecular weight is 606 g/mol.